The summed E-state index contributed by atoms with van der Waals surface area (Å²) in [6.07, 6.45) is 3.22. The van der Waals surface area contributed by atoms with Crippen LogP contribution in [0.4, 0.5) is 10.5 Å². The lowest BCUT2D eigenvalue weighted by atomic mass is 10.1. The van der Waals surface area contributed by atoms with Gasteiger partial charge in [0.15, 0.2) is 0 Å². The first-order valence-electron chi connectivity index (χ1n) is 9.73. The summed E-state index contributed by atoms with van der Waals surface area (Å²) in [7, 11) is 1.52. The van der Waals surface area contributed by atoms with Gasteiger partial charge in [-0.25, -0.2) is 4.79 Å². The highest BCUT2D eigenvalue weighted by Crippen LogP contribution is 2.27. The first kappa shape index (κ1) is 20.0. The first-order chi connectivity index (χ1) is 13.4. The molecule has 152 valence electrons. The average Bonchev–Trinajstić information content (AvgIpc) is 3.37. The molecule has 4 amide bonds. The molecule has 1 saturated heterocycles. The number of ether oxygens (including phenoxy) is 1. The van der Waals surface area contributed by atoms with Crippen LogP contribution in [-0.4, -0.2) is 54.5 Å². The number of hydrogen-bond donors (Lipinski definition) is 3. The van der Waals surface area contributed by atoms with Crippen molar-refractivity contribution in [2.24, 2.45) is 0 Å². The van der Waals surface area contributed by atoms with Crippen LogP contribution >= 0.6 is 0 Å². The van der Waals surface area contributed by atoms with E-state index in [1.165, 1.54) is 7.11 Å². The summed E-state index contributed by atoms with van der Waals surface area (Å²) in [6.45, 7) is 4.28. The van der Waals surface area contributed by atoms with Crippen molar-refractivity contribution in [3.63, 3.8) is 0 Å². The zero-order valence-electron chi connectivity index (χ0n) is 16.6. The number of urea groups is 1. The van der Waals surface area contributed by atoms with Crippen LogP contribution in [-0.2, 0) is 4.79 Å². The van der Waals surface area contributed by atoms with E-state index in [2.05, 4.69) is 16.0 Å². The number of anilines is 1. The predicted octanol–water partition coefficient (Wildman–Crippen LogP) is 2.11. The standard InChI is InChI=1S/C20H28N4O4/c1-12(2)24(11-15-7-9-18(25)21-15)20(27)23-16-10-13(4-8-17(16)28-3)19(26)22-14-5-6-14/h4,8,10,12,14-15H,5-7,9,11H2,1-3H3,(H,21,25)(H,22,26)(H,23,27)/t15-/m0/s1. The van der Waals surface area contributed by atoms with Gasteiger partial charge < -0.3 is 25.6 Å². The SMILES string of the molecule is COc1ccc(C(=O)NC2CC2)cc1NC(=O)N(C[C@@H]1CCC(=O)N1)C(C)C. The fraction of sp³-hybridized carbons (Fsp3) is 0.550. The highest BCUT2D eigenvalue weighted by Gasteiger charge is 2.28. The predicted molar refractivity (Wildman–Crippen MR) is 106 cm³/mol. The van der Waals surface area contributed by atoms with Crippen LogP contribution < -0.4 is 20.7 Å². The molecule has 2 aliphatic rings. The van der Waals surface area contributed by atoms with Gasteiger partial charge in [-0.05, 0) is 51.3 Å². The molecule has 0 bridgehead atoms. The molecule has 1 heterocycles. The zero-order chi connectivity index (χ0) is 20.3. The van der Waals surface area contributed by atoms with Crippen LogP contribution in [0.25, 0.3) is 0 Å². The second-order valence-electron chi connectivity index (χ2n) is 7.64. The van der Waals surface area contributed by atoms with Gasteiger partial charge in [-0.15, -0.1) is 0 Å². The van der Waals surface area contributed by atoms with E-state index in [9.17, 15) is 14.4 Å². The normalized spacial score (nSPS) is 18.6. The van der Waals surface area contributed by atoms with Crippen molar-refractivity contribution in [2.75, 3.05) is 19.0 Å². The molecular weight excluding hydrogens is 360 g/mol. The topological polar surface area (TPSA) is 99.8 Å². The number of carbonyl (C=O) groups excluding carboxylic acids is 3. The third-order valence-electron chi connectivity index (χ3n) is 5.00. The quantitative estimate of drug-likeness (QED) is 0.666. The van der Waals surface area contributed by atoms with Crippen molar-refractivity contribution in [3.8, 4) is 5.75 Å². The highest BCUT2D eigenvalue weighted by molar-refractivity contribution is 5.98. The van der Waals surface area contributed by atoms with Crippen LogP contribution in [0.5, 0.6) is 5.75 Å². The molecule has 1 saturated carbocycles. The fourth-order valence-electron chi connectivity index (χ4n) is 3.21. The van der Waals surface area contributed by atoms with Gasteiger partial charge in [0.2, 0.25) is 5.91 Å². The number of nitrogens with one attached hydrogen (secondary N) is 3. The van der Waals surface area contributed by atoms with E-state index >= 15 is 0 Å². The number of hydrogen-bond acceptors (Lipinski definition) is 4. The molecule has 1 atom stereocenters. The Morgan fingerprint density at radius 2 is 2.04 bits per heavy atom. The Labute approximate surface area is 165 Å². The second kappa shape index (κ2) is 8.50. The molecule has 0 radical (unpaired) electrons. The minimum absolute atomic E-state index is 0.0187. The van der Waals surface area contributed by atoms with Crippen LogP contribution in [0.15, 0.2) is 18.2 Å². The molecule has 0 aromatic heterocycles. The smallest absolute Gasteiger partial charge is 0.322 e. The van der Waals surface area contributed by atoms with Gasteiger partial charge in [0.25, 0.3) is 5.91 Å². The Kier molecular flexibility index (Phi) is 6.06. The van der Waals surface area contributed by atoms with Crippen molar-refractivity contribution in [2.45, 2.75) is 57.7 Å². The Balaban J connectivity index is 1.72. The van der Waals surface area contributed by atoms with Gasteiger partial charge in [-0.3, -0.25) is 9.59 Å². The summed E-state index contributed by atoms with van der Waals surface area (Å²) in [5, 5.41) is 8.69. The second-order valence-corrected chi connectivity index (χ2v) is 7.64. The molecule has 1 aromatic carbocycles. The van der Waals surface area contributed by atoms with Gasteiger partial charge in [0.1, 0.15) is 5.75 Å². The zero-order valence-corrected chi connectivity index (χ0v) is 16.6. The Morgan fingerprint density at radius 3 is 2.61 bits per heavy atom. The van der Waals surface area contributed by atoms with Crippen molar-refractivity contribution in [3.05, 3.63) is 23.8 Å². The number of amides is 4. The lowest BCUT2D eigenvalue weighted by molar-refractivity contribution is -0.119. The third-order valence-corrected chi connectivity index (χ3v) is 5.00. The molecular formula is C20H28N4O4. The maximum atomic E-state index is 12.9. The molecule has 8 nitrogen and oxygen atoms in total. The molecule has 8 heteroatoms. The lowest BCUT2D eigenvalue weighted by Gasteiger charge is -2.29. The Morgan fingerprint density at radius 1 is 1.29 bits per heavy atom. The van der Waals surface area contributed by atoms with Gasteiger partial charge in [-0.2, -0.15) is 0 Å². The molecule has 1 aliphatic heterocycles. The molecule has 1 aliphatic carbocycles. The molecule has 28 heavy (non-hydrogen) atoms. The molecule has 2 fully saturated rings. The summed E-state index contributed by atoms with van der Waals surface area (Å²) < 4.78 is 5.34. The Hall–Kier alpha value is -2.77. The van der Waals surface area contributed by atoms with Crippen molar-refractivity contribution >= 4 is 23.5 Å². The fourth-order valence-corrected chi connectivity index (χ4v) is 3.21. The van der Waals surface area contributed by atoms with Crippen molar-refractivity contribution in [1.29, 1.82) is 0 Å². The number of carbonyl (C=O) groups is 3. The van der Waals surface area contributed by atoms with E-state index < -0.39 is 0 Å². The van der Waals surface area contributed by atoms with Crippen LogP contribution in [0.2, 0.25) is 0 Å². The first-order valence-corrected chi connectivity index (χ1v) is 9.73. The summed E-state index contributed by atoms with van der Waals surface area (Å²) in [4.78, 5) is 38.3. The van der Waals surface area contributed by atoms with Crippen LogP contribution in [0.1, 0.15) is 49.9 Å². The summed E-state index contributed by atoms with van der Waals surface area (Å²) in [5.74, 6) is 0.342. The van der Waals surface area contributed by atoms with E-state index in [4.69, 9.17) is 4.74 Å². The number of rotatable bonds is 7. The lowest BCUT2D eigenvalue weighted by Crippen LogP contribution is -2.47. The highest BCUT2D eigenvalue weighted by atomic mass is 16.5. The molecule has 0 spiro atoms. The van der Waals surface area contributed by atoms with Gasteiger partial charge >= 0.3 is 6.03 Å². The van der Waals surface area contributed by atoms with Crippen LogP contribution in [0.3, 0.4) is 0 Å². The van der Waals surface area contributed by atoms with Crippen molar-refractivity contribution < 1.29 is 19.1 Å². The summed E-state index contributed by atoms with van der Waals surface area (Å²) >= 11 is 0. The van der Waals surface area contributed by atoms with Crippen molar-refractivity contribution in [1.82, 2.24) is 15.5 Å². The monoisotopic (exact) mass is 388 g/mol. The number of methoxy groups -OCH3 is 1. The number of benzene rings is 1. The largest absolute Gasteiger partial charge is 0.495 e. The average molecular weight is 388 g/mol. The number of nitrogens with zero attached hydrogens (tertiary/aromatic N) is 1. The van der Waals surface area contributed by atoms with E-state index in [0.29, 0.717) is 30.0 Å². The molecule has 0 unspecified atom stereocenters. The van der Waals surface area contributed by atoms with Gasteiger partial charge in [0.05, 0.1) is 12.8 Å². The Bertz CT molecular complexity index is 761. The minimum Gasteiger partial charge on any atom is -0.495 e. The van der Waals surface area contributed by atoms with E-state index in [-0.39, 0.29) is 36.0 Å². The molecule has 3 rings (SSSR count). The maximum Gasteiger partial charge on any atom is 0.322 e. The van der Waals surface area contributed by atoms with Gasteiger partial charge in [0, 0.05) is 36.7 Å². The maximum absolute atomic E-state index is 12.9. The third kappa shape index (κ3) is 4.94. The van der Waals surface area contributed by atoms with Gasteiger partial charge in [-0.1, -0.05) is 0 Å². The minimum atomic E-state index is -0.297. The molecule has 1 aromatic rings. The van der Waals surface area contributed by atoms with E-state index in [1.807, 2.05) is 13.8 Å². The molecule has 3 N–H and O–H groups in total. The van der Waals surface area contributed by atoms with E-state index in [0.717, 1.165) is 19.3 Å². The van der Waals surface area contributed by atoms with Crippen LogP contribution in [0, 0.1) is 0 Å². The summed E-state index contributed by atoms with van der Waals surface area (Å²) in [6, 6.07) is 4.85. The summed E-state index contributed by atoms with van der Waals surface area (Å²) in [5.41, 5.74) is 0.916. The van der Waals surface area contributed by atoms with E-state index in [1.54, 1.807) is 23.1 Å².